The Hall–Kier alpha value is -3.13. The average molecular weight is 451 g/mol. The number of fused-ring (bicyclic) bond motifs is 1. The molecule has 2 saturated heterocycles. The van der Waals surface area contributed by atoms with Gasteiger partial charge in [0.05, 0.1) is 4.92 Å². The van der Waals surface area contributed by atoms with E-state index in [4.69, 9.17) is 4.74 Å². The fourth-order valence-electron chi connectivity index (χ4n) is 5.41. The van der Waals surface area contributed by atoms with E-state index >= 15 is 0 Å². The van der Waals surface area contributed by atoms with Gasteiger partial charge in [0, 0.05) is 56.6 Å². The summed E-state index contributed by atoms with van der Waals surface area (Å²) in [6.45, 7) is 5.52. The lowest BCUT2D eigenvalue weighted by atomic mass is 10.0. The van der Waals surface area contributed by atoms with Gasteiger partial charge in [0.2, 0.25) is 0 Å². The van der Waals surface area contributed by atoms with Crippen LogP contribution in [-0.4, -0.2) is 54.7 Å². The Balaban J connectivity index is 0.998. The molecule has 1 amide bonds. The van der Waals surface area contributed by atoms with Gasteiger partial charge in [-0.2, -0.15) is 0 Å². The molecule has 174 valence electrons. The lowest BCUT2D eigenvalue weighted by Crippen LogP contribution is -2.45. The van der Waals surface area contributed by atoms with E-state index in [0.717, 1.165) is 74.6 Å². The topological polar surface area (TPSA) is 88.0 Å². The van der Waals surface area contributed by atoms with Crippen molar-refractivity contribution in [1.29, 1.82) is 0 Å². The third kappa shape index (κ3) is 5.11. The second-order valence-electron chi connectivity index (χ2n) is 9.45. The minimum absolute atomic E-state index is 0.142. The van der Waals surface area contributed by atoms with Crippen molar-refractivity contribution in [2.45, 2.75) is 25.5 Å². The van der Waals surface area contributed by atoms with Gasteiger partial charge in [-0.25, -0.2) is 4.79 Å². The van der Waals surface area contributed by atoms with Gasteiger partial charge in [-0.3, -0.25) is 10.1 Å². The Kier molecular flexibility index (Phi) is 6.17. The number of carbonyl (C=O) groups is 1. The molecular formula is C25H30N4O4. The highest BCUT2D eigenvalue weighted by molar-refractivity contribution is 5.67. The molecule has 8 heteroatoms. The zero-order valence-electron chi connectivity index (χ0n) is 18.6. The van der Waals surface area contributed by atoms with Crippen LogP contribution in [0.15, 0.2) is 54.6 Å². The number of nitro groups is 1. The van der Waals surface area contributed by atoms with E-state index in [0.29, 0.717) is 6.61 Å². The van der Waals surface area contributed by atoms with Crippen LogP contribution < -0.4 is 10.2 Å². The molecule has 1 N–H and O–H groups in total. The first kappa shape index (κ1) is 21.7. The summed E-state index contributed by atoms with van der Waals surface area (Å²) in [5.41, 5.74) is 2.21. The molecule has 2 heterocycles. The smallest absolute Gasteiger partial charge is 0.407 e. The first-order valence-corrected chi connectivity index (χ1v) is 11.8. The third-order valence-corrected chi connectivity index (χ3v) is 7.39. The largest absolute Gasteiger partial charge is 0.445 e. The summed E-state index contributed by atoms with van der Waals surface area (Å²) in [5.74, 6) is 2.20. The Morgan fingerprint density at radius 2 is 1.70 bits per heavy atom. The Morgan fingerprint density at radius 1 is 1.03 bits per heavy atom. The van der Waals surface area contributed by atoms with Crippen molar-refractivity contribution in [3.63, 3.8) is 0 Å². The number of anilines is 1. The van der Waals surface area contributed by atoms with Crippen molar-refractivity contribution in [3.8, 4) is 0 Å². The SMILES string of the molecule is O=C(NC1CCN(CC2C3CN(c4ccc([N+](=O)[O-])cc4)CC23)CC1)OCc1ccccc1. The average Bonchev–Trinajstić information content (AvgIpc) is 3.26. The van der Waals surface area contributed by atoms with Crippen molar-refractivity contribution in [2.75, 3.05) is 37.6 Å². The fourth-order valence-corrected chi connectivity index (χ4v) is 5.41. The van der Waals surface area contributed by atoms with Crippen LogP contribution in [0, 0.1) is 27.9 Å². The molecule has 2 aliphatic heterocycles. The maximum Gasteiger partial charge on any atom is 0.407 e. The number of hydrogen-bond acceptors (Lipinski definition) is 6. The van der Waals surface area contributed by atoms with Gasteiger partial charge in [0.25, 0.3) is 5.69 Å². The number of hydrogen-bond donors (Lipinski definition) is 1. The summed E-state index contributed by atoms with van der Waals surface area (Å²) < 4.78 is 5.35. The van der Waals surface area contributed by atoms with E-state index in [-0.39, 0.29) is 22.7 Å². The number of benzene rings is 2. The minimum Gasteiger partial charge on any atom is -0.445 e. The number of alkyl carbamates (subject to hydrolysis) is 1. The highest BCUT2D eigenvalue weighted by Gasteiger charge is 2.55. The Labute approximate surface area is 193 Å². The normalized spacial score (nSPS) is 24.8. The number of non-ortho nitro benzene ring substituents is 1. The van der Waals surface area contributed by atoms with Crippen molar-refractivity contribution in [1.82, 2.24) is 10.2 Å². The molecule has 3 aliphatic rings. The predicted molar refractivity (Wildman–Crippen MR) is 125 cm³/mol. The lowest BCUT2D eigenvalue weighted by molar-refractivity contribution is -0.384. The van der Waals surface area contributed by atoms with Crippen LogP contribution in [-0.2, 0) is 11.3 Å². The maximum absolute atomic E-state index is 12.1. The number of nitrogens with one attached hydrogen (secondary N) is 1. The van der Waals surface area contributed by atoms with Gasteiger partial charge in [0.1, 0.15) is 6.61 Å². The fraction of sp³-hybridized carbons (Fsp3) is 0.480. The minimum atomic E-state index is -0.354. The van der Waals surface area contributed by atoms with Gasteiger partial charge < -0.3 is 19.9 Å². The third-order valence-electron chi connectivity index (χ3n) is 7.39. The maximum atomic E-state index is 12.1. The molecule has 0 bridgehead atoms. The molecule has 1 saturated carbocycles. The van der Waals surface area contributed by atoms with Crippen molar-refractivity contribution in [3.05, 3.63) is 70.3 Å². The lowest BCUT2D eigenvalue weighted by Gasteiger charge is -2.33. The van der Waals surface area contributed by atoms with Crippen LogP contribution in [0.1, 0.15) is 18.4 Å². The van der Waals surface area contributed by atoms with E-state index in [9.17, 15) is 14.9 Å². The molecule has 33 heavy (non-hydrogen) atoms. The quantitative estimate of drug-likeness (QED) is 0.512. The standard InChI is InChI=1S/C25H30N4O4/c30-25(33-17-18-4-2-1-3-5-18)26-19-10-12-27(13-11-19)14-22-23-15-28(16-24(22)23)20-6-8-21(9-7-20)29(31)32/h1-9,19,22-24H,10-17H2,(H,26,30). The summed E-state index contributed by atoms with van der Waals surface area (Å²) in [5, 5.41) is 13.9. The number of ether oxygens (including phenoxy) is 1. The van der Waals surface area contributed by atoms with Crippen molar-refractivity contribution >= 4 is 17.5 Å². The van der Waals surface area contributed by atoms with E-state index < -0.39 is 0 Å². The molecule has 3 fully saturated rings. The van der Waals surface area contributed by atoms with Crippen LogP contribution in [0.25, 0.3) is 0 Å². The Morgan fingerprint density at radius 3 is 2.33 bits per heavy atom. The van der Waals surface area contributed by atoms with E-state index in [1.54, 1.807) is 12.1 Å². The van der Waals surface area contributed by atoms with Gasteiger partial charge in [-0.15, -0.1) is 0 Å². The van der Waals surface area contributed by atoms with Gasteiger partial charge in [0.15, 0.2) is 0 Å². The summed E-state index contributed by atoms with van der Waals surface area (Å²) in [4.78, 5) is 27.5. The second kappa shape index (κ2) is 9.39. The van der Waals surface area contributed by atoms with E-state index in [2.05, 4.69) is 15.1 Å². The number of piperidine rings is 2. The zero-order valence-corrected chi connectivity index (χ0v) is 18.6. The zero-order chi connectivity index (χ0) is 22.8. The molecule has 0 aromatic heterocycles. The molecule has 0 radical (unpaired) electrons. The molecule has 2 unspecified atom stereocenters. The molecule has 2 atom stereocenters. The molecule has 2 aromatic carbocycles. The number of amides is 1. The number of rotatable bonds is 7. The van der Waals surface area contributed by atoms with Crippen LogP contribution in [0.3, 0.4) is 0 Å². The first-order valence-electron chi connectivity index (χ1n) is 11.8. The monoisotopic (exact) mass is 450 g/mol. The summed E-state index contributed by atoms with van der Waals surface area (Å²) in [6.07, 6.45) is 1.58. The number of nitro benzene ring substituents is 1. The molecule has 2 aromatic rings. The molecular weight excluding hydrogens is 420 g/mol. The van der Waals surface area contributed by atoms with Crippen molar-refractivity contribution in [2.24, 2.45) is 17.8 Å². The Bertz CT molecular complexity index is 964. The highest BCUT2D eigenvalue weighted by Crippen LogP contribution is 2.53. The predicted octanol–water partition coefficient (Wildman–Crippen LogP) is 3.67. The second-order valence-corrected chi connectivity index (χ2v) is 9.45. The van der Waals surface area contributed by atoms with Crippen LogP contribution >= 0.6 is 0 Å². The molecule has 8 nitrogen and oxygen atoms in total. The molecule has 0 spiro atoms. The van der Waals surface area contributed by atoms with Crippen LogP contribution in [0.4, 0.5) is 16.2 Å². The number of nitrogens with zero attached hydrogens (tertiary/aromatic N) is 3. The molecule has 1 aliphatic carbocycles. The van der Waals surface area contributed by atoms with Gasteiger partial charge >= 0.3 is 6.09 Å². The highest BCUT2D eigenvalue weighted by atomic mass is 16.6. The van der Waals surface area contributed by atoms with Gasteiger partial charge in [-0.1, -0.05) is 30.3 Å². The van der Waals surface area contributed by atoms with E-state index in [1.165, 1.54) is 0 Å². The van der Waals surface area contributed by atoms with Gasteiger partial charge in [-0.05, 0) is 48.3 Å². The molecule has 5 rings (SSSR count). The first-order chi connectivity index (χ1) is 16.1. The number of likely N-dealkylation sites (tertiary alicyclic amines) is 1. The number of carbonyl (C=O) groups excluding carboxylic acids is 1. The summed E-state index contributed by atoms with van der Waals surface area (Å²) >= 11 is 0. The summed E-state index contributed by atoms with van der Waals surface area (Å²) in [6, 6.07) is 16.8. The van der Waals surface area contributed by atoms with Crippen molar-refractivity contribution < 1.29 is 14.5 Å². The van der Waals surface area contributed by atoms with Crippen LogP contribution in [0.5, 0.6) is 0 Å². The summed E-state index contributed by atoms with van der Waals surface area (Å²) in [7, 11) is 0. The van der Waals surface area contributed by atoms with E-state index in [1.807, 2.05) is 42.5 Å². The van der Waals surface area contributed by atoms with Crippen LogP contribution in [0.2, 0.25) is 0 Å².